The molecule has 1 unspecified atom stereocenters. The molecule has 3 heteroatoms. The van der Waals surface area contributed by atoms with Crippen molar-refractivity contribution in [3.63, 3.8) is 0 Å². The normalized spacial score (nSPS) is 11.9. The van der Waals surface area contributed by atoms with Crippen LogP contribution in [0.25, 0.3) is 0 Å². The first kappa shape index (κ1) is 13.4. The van der Waals surface area contributed by atoms with Gasteiger partial charge in [0.05, 0.1) is 14.2 Å². The molecule has 0 aliphatic carbocycles. The molecule has 0 aromatic heterocycles. The molecule has 0 fully saturated rings. The van der Waals surface area contributed by atoms with E-state index in [0.717, 1.165) is 17.7 Å². The summed E-state index contributed by atoms with van der Waals surface area (Å²) in [5.41, 5.74) is 8.52. The maximum Gasteiger partial charge on any atom is 0.161 e. The molecule has 0 bridgehead atoms. The molecular formula is C16H19NO2. The summed E-state index contributed by atoms with van der Waals surface area (Å²) in [6, 6.07) is 16.0. The molecule has 100 valence electrons. The minimum Gasteiger partial charge on any atom is -0.493 e. The summed E-state index contributed by atoms with van der Waals surface area (Å²) in [6.45, 7) is 0. The highest BCUT2D eigenvalue weighted by Gasteiger charge is 2.11. The lowest BCUT2D eigenvalue weighted by Gasteiger charge is -2.15. The van der Waals surface area contributed by atoms with E-state index < -0.39 is 0 Å². The fraction of sp³-hybridized carbons (Fsp3) is 0.250. The van der Waals surface area contributed by atoms with E-state index in [-0.39, 0.29) is 6.04 Å². The predicted molar refractivity (Wildman–Crippen MR) is 76.6 cm³/mol. The Morgan fingerprint density at radius 1 is 0.947 bits per heavy atom. The highest BCUT2D eigenvalue weighted by molar-refractivity contribution is 5.44. The van der Waals surface area contributed by atoms with Crippen LogP contribution in [0.15, 0.2) is 48.5 Å². The van der Waals surface area contributed by atoms with Crippen LogP contribution in [0.1, 0.15) is 17.2 Å². The second-order valence-corrected chi connectivity index (χ2v) is 4.41. The molecule has 0 heterocycles. The Hall–Kier alpha value is -2.00. The summed E-state index contributed by atoms with van der Waals surface area (Å²) in [5.74, 6) is 1.43. The van der Waals surface area contributed by atoms with Crippen LogP contribution in [-0.4, -0.2) is 14.2 Å². The molecule has 19 heavy (non-hydrogen) atoms. The van der Waals surface area contributed by atoms with Crippen molar-refractivity contribution in [1.82, 2.24) is 0 Å². The molecule has 0 radical (unpaired) electrons. The van der Waals surface area contributed by atoms with Crippen molar-refractivity contribution in [3.05, 3.63) is 59.7 Å². The van der Waals surface area contributed by atoms with Gasteiger partial charge in [-0.15, -0.1) is 0 Å². The zero-order valence-electron chi connectivity index (χ0n) is 11.3. The van der Waals surface area contributed by atoms with Crippen LogP contribution in [-0.2, 0) is 6.42 Å². The predicted octanol–water partition coefficient (Wildman–Crippen LogP) is 2.95. The van der Waals surface area contributed by atoms with E-state index in [1.165, 1.54) is 5.56 Å². The zero-order valence-corrected chi connectivity index (χ0v) is 11.3. The summed E-state index contributed by atoms with van der Waals surface area (Å²) >= 11 is 0. The van der Waals surface area contributed by atoms with Gasteiger partial charge in [0.15, 0.2) is 11.5 Å². The number of methoxy groups -OCH3 is 2. The molecule has 0 aliphatic heterocycles. The average Bonchev–Trinajstić information content (AvgIpc) is 2.47. The second kappa shape index (κ2) is 6.25. The molecular weight excluding hydrogens is 238 g/mol. The lowest BCUT2D eigenvalue weighted by molar-refractivity contribution is 0.354. The minimum atomic E-state index is -0.0535. The topological polar surface area (TPSA) is 44.5 Å². The largest absolute Gasteiger partial charge is 0.493 e. The summed E-state index contributed by atoms with van der Waals surface area (Å²) in [6.07, 6.45) is 0.802. The lowest BCUT2D eigenvalue weighted by atomic mass is 9.99. The quantitative estimate of drug-likeness (QED) is 0.895. The van der Waals surface area contributed by atoms with Crippen molar-refractivity contribution in [2.24, 2.45) is 5.73 Å². The number of hydrogen-bond acceptors (Lipinski definition) is 3. The number of rotatable bonds is 5. The fourth-order valence-corrected chi connectivity index (χ4v) is 2.07. The van der Waals surface area contributed by atoms with Crippen molar-refractivity contribution in [1.29, 1.82) is 0 Å². The van der Waals surface area contributed by atoms with Gasteiger partial charge in [0.2, 0.25) is 0 Å². The monoisotopic (exact) mass is 257 g/mol. The van der Waals surface area contributed by atoms with Gasteiger partial charge in [0.1, 0.15) is 0 Å². The maximum absolute atomic E-state index is 6.25. The number of benzene rings is 2. The zero-order chi connectivity index (χ0) is 13.7. The molecule has 0 aliphatic rings. The van der Waals surface area contributed by atoms with Gasteiger partial charge < -0.3 is 15.2 Å². The molecule has 2 aromatic rings. The maximum atomic E-state index is 6.25. The first-order valence-electron chi connectivity index (χ1n) is 6.26. The van der Waals surface area contributed by atoms with Crippen LogP contribution in [0.4, 0.5) is 0 Å². The van der Waals surface area contributed by atoms with Crippen molar-refractivity contribution in [2.45, 2.75) is 12.5 Å². The van der Waals surface area contributed by atoms with Crippen LogP contribution < -0.4 is 15.2 Å². The molecule has 0 amide bonds. The summed E-state index contributed by atoms with van der Waals surface area (Å²) in [7, 11) is 3.26. The van der Waals surface area contributed by atoms with Crippen molar-refractivity contribution in [3.8, 4) is 11.5 Å². The van der Waals surface area contributed by atoms with Crippen molar-refractivity contribution >= 4 is 0 Å². The van der Waals surface area contributed by atoms with E-state index >= 15 is 0 Å². The van der Waals surface area contributed by atoms with E-state index in [2.05, 4.69) is 12.1 Å². The Kier molecular flexibility index (Phi) is 4.42. The smallest absolute Gasteiger partial charge is 0.161 e. The van der Waals surface area contributed by atoms with Gasteiger partial charge in [-0.25, -0.2) is 0 Å². The second-order valence-electron chi connectivity index (χ2n) is 4.41. The van der Waals surface area contributed by atoms with E-state index in [9.17, 15) is 0 Å². The van der Waals surface area contributed by atoms with Crippen LogP contribution in [0.3, 0.4) is 0 Å². The van der Waals surface area contributed by atoms with Gasteiger partial charge in [0.25, 0.3) is 0 Å². The Labute approximate surface area is 114 Å². The Balaban J connectivity index is 2.17. The molecule has 2 rings (SSSR count). The van der Waals surface area contributed by atoms with E-state index in [1.54, 1.807) is 14.2 Å². The molecule has 0 spiro atoms. The van der Waals surface area contributed by atoms with Gasteiger partial charge >= 0.3 is 0 Å². The van der Waals surface area contributed by atoms with Crippen LogP contribution >= 0.6 is 0 Å². The van der Waals surface area contributed by atoms with Crippen LogP contribution in [0.5, 0.6) is 11.5 Å². The Bertz CT molecular complexity index is 526. The SMILES string of the molecule is COc1ccc(C(N)Cc2ccccc2)cc1OC. The van der Waals surface area contributed by atoms with Crippen molar-refractivity contribution < 1.29 is 9.47 Å². The number of ether oxygens (including phenoxy) is 2. The van der Waals surface area contributed by atoms with Gasteiger partial charge in [-0.1, -0.05) is 36.4 Å². The standard InChI is InChI=1S/C16H19NO2/c1-18-15-9-8-13(11-16(15)19-2)14(17)10-12-6-4-3-5-7-12/h3-9,11,14H,10,17H2,1-2H3. The molecule has 0 saturated carbocycles. The highest BCUT2D eigenvalue weighted by atomic mass is 16.5. The van der Waals surface area contributed by atoms with Crippen LogP contribution in [0.2, 0.25) is 0 Å². The number of nitrogens with two attached hydrogens (primary N) is 1. The van der Waals surface area contributed by atoms with Gasteiger partial charge in [-0.05, 0) is 29.7 Å². The van der Waals surface area contributed by atoms with Gasteiger partial charge in [0, 0.05) is 6.04 Å². The Morgan fingerprint density at radius 2 is 1.63 bits per heavy atom. The third-order valence-corrected chi connectivity index (χ3v) is 3.13. The van der Waals surface area contributed by atoms with Crippen molar-refractivity contribution in [2.75, 3.05) is 14.2 Å². The third kappa shape index (κ3) is 3.26. The summed E-state index contributed by atoms with van der Waals surface area (Å²) in [4.78, 5) is 0. The Morgan fingerprint density at radius 3 is 2.26 bits per heavy atom. The fourth-order valence-electron chi connectivity index (χ4n) is 2.07. The molecule has 2 N–H and O–H groups in total. The lowest BCUT2D eigenvalue weighted by Crippen LogP contribution is -2.13. The van der Waals surface area contributed by atoms with Crippen LogP contribution in [0, 0.1) is 0 Å². The first-order valence-corrected chi connectivity index (χ1v) is 6.26. The van der Waals surface area contributed by atoms with E-state index in [0.29, 0.717) is 5.75 Å². The minimum absolute atomic E-state index is 0.0535. The third-order valence-electron chi connectivity index (χ3n) is 3.13. The highest BCUT2D eigenvalue weighted by Crippen LogP contribution is 2.30. The van der Waals surface area contributed by atoms with E-state index in [1.807, 2.05) is 36.4 Å². The van der Waals surface area contributed by atoms with Gasteiger partial charge in [-0.2, -0.15) is 0 Å². The summed E-state index contributed by atoms with van der Waals surface area (Å²) in [5, 5.41) is 0. The molecule has 3 nitrogen and oxygen atoms in total. The molecule has 2 aromatic carbocycles. The average molecular weight is 257 g/mol. The summed E-state index contributed by atoms with van der Waals surface area (Å²) < 4.78 is 10.5. The van der Waals surface area contributed by atoms with E-state index in [4.69, 9.17) is 15.2 Å². The first-order chi connectivity index (χ1) is 9.24. The van der Waals surface area contributed by atoms with Gasteiger partial charge in [-0.3, -0.25) is 0 Å². The number of hydrogen-bond donors (Lipinski definition) is 1. The molecule has 1 atom stereocenters. The molecule has 0 saturated heterocycles.